The summed E-state index contributed by atoms with van der Waals surface area (Å²) in [5, 5.41) is 10.1. The van der Waals surface area contributed by atoms with Crippen molar-refractivity contribution in [1.29, 1.82) is 5.26 Å². The second-order valence-electron chi connectivity index (χ2n) is 15.9. The maximum absolute atomic E-state index is 10.1. The molecule has 55 heavy (non-hydrogen) atoms. The first-order chi connectivity index (χ1) is 27.1. The van der Waals surface area contributed by atoms with Crippen LogP contribution in [0.4, 0.5) is 5.69 Å². The van der Waals surface area contributed by atoms with Crippen LogP contribution in [0.3, 0.4) is 0 Å². The topological polar surface area (TPSA) is 46.6 Å². The van der Waals surface area contributed by atoms with E-state index in [9.17, 15) is 5.26 Å². The Morgan fingerprint density at radius 2 is 0.873 bits per heavy atom. The molecule has 0 amide bonds. The van der Waals surface area contributed by atoms with E-state index in [0.717, 1.165) is 68.8 Å². The molecular formula is C51H62N2O2. The van der Waals surface area contributed by atoms with Gasteiger partial charge in [0.1, 0.15) is 11.5 Å². The van der Waals surface area contributed by atoms with Gasteiger partial charge >= 0.3 is 0 Å². The van der Waals surface area contributed by atoms with Gasteiger partial charge in [0, 0.05) is 0 Å². The number of hydrogen-bond donors (Lipinski definition) is 0. The molecule has 4 nitrogen and oxygen atoms in total. The third-order valence-electron chi connectivity index (χ3n) is 12.0. The number of nitrogens with zero attached hydrogens (tertiary/aromatic N) is 2. The fourth-order valence-corrected chi connectivity index (χ4v) is 9.05. The molecule has 1 atom stereocenters. The third-order valence-corrected chi connectivity index (χ3v) is 12.0. The van der Waals surface area contributed by atoms with Gasteiger partial charge in [-0.15, -0.1) is 0 Å². The molecule has 0 aliphatic heterocycles. The maximum Gasteiger partial charge on any atom is 0.187 e. The van der Waals surface area contributed by atoms with Crippen molar-refractivity contribution in [2.24, 2.45) is 0 Å². The van der Waals surface area contributed by atoms with E-state index in [2.05, 4.69) is 85.4 Å². The molecule has 4 heteroatoms. The van der Waals surface area contributed by atoms with Crippen LogP contribution in [0.1, 0.15) is 170 Å². The minimum absolute atomic E-state index is 0.614. The van der Waals surface area contributed by atoms with Gasteiger partial charge in [0.05, 0.1) is 36.8 Å². The zero-order valence-corrected chi connectivity index (χ0v) is 33.7. The quantitative estimate of drug-likeness (QED) is 0.0459. The van der Waals surface area contributed by atoms with E-state index >= 15 is 0 Å². The second kappa shape index (κ2) is 20.4. The molecule has 1 unspecified atom stereocenters. The van der Waals surface area contributed by atoms with Crippen molar-refractivity contribution in [3.63, 3.8) is 0 Å². The zero-order valence-electron chi connectivity index (χ0n) is 33.7. The molecule has 0 radical (unpaired) electrons. The minimum Gasteiger partial charge on any atom is -0.494 e. The molecular weight excluding hydrogens is 673 g/mol. The van der Waals surface area contributed by atoms with Crippen molar-refractivity contribution < 1.29 is 9.47 Å². The molecule has 0 saturated heterocycles. The Labute approximate surface area is 332 Å². The normalized spacial score (nSPS) is 14.5. The Morgan fingerprint density at radius 3 is 1.31 bits per heavy atom. The maximum atomic E-state index is 10.1. The standard InChI is InChI=1S/C51H62N2O2/c1-4-6-8-10-12-14-16-18-20-22-32-54-41-26-30-45-43-28-24-39(38-52)34-47(43)51(49(45)36-41)48-35-40(53-3)25-29-44(48)46-31-27-42(37-50(46)51)55-33-23-21-19-17-15-13-11-9-7-5-2/h24-31,34-37H,4-23,32-33H2,1-2H3. The molecule has 2 aliphatic carbocycles. The van der Waals surface area contributed by atoms with E-state index in [1.54, 1.807) is 0 Å². The van der Waals surface area contributed by atoms with E-state index in [-0.39, 0.29) is 0 Å². The van der Waals surface area contributed by atoms with Crippen LogP contribution in [-0.2, 0) is 5.41 Å². The molecule has 0 N–H and O–H groups in total. The smallest absolute Gasteiger partial charge is 0.187 e. The Balaban J connectivity index is 1.21. The highest BCUT2D eigenvalue weighted by molar-refractivity contribution is 5.96. The van der Waals surface area contributed by atoms with Gasteiger partial charge < -0.3 is 9.47 Å². The Morgan fingerprint density at radius 1 is 0.491 bits per heavy atom. The largest absolute Gasteiger partial charge is 0.494 e. The summed E-state index contributed by atoms with van der Waals surface area (Å²) >= 11 is 0. The van der Waals surface area contributed by atoms with E-state index < -0.39 is 5.41 Å². The SMILES string of the molecule is [C-]#[N+]c1ccc2c(c1)C1(c3cc(C#N)ccc3-c3ccc(OCCCCCCCCCCCC)cc31)c1cc(OCCCCCCCCCCCC)ccc1-2. The van der Waals surface area contributed by atoms with Crippen molar-refractivity contribution in [3.05, 3.63) is 112 Å². The van der Waals surface area contributed by atoms with Gasteiger partial charge in [-0.05, 0) is 93.7 Å². The summed E-state index contributed by atoms with van der Waals surface area (Å²) in [4.78, 5) is 3.88. The van der Waals surface area contributed by atoms with Crippen molar-refractivity contribution in [2.75, 3.05) is 13.2 Å². The van der Waals surface area contributed by atoms with Gasteiger partial charge in [0.2, 0.25) is 0 Å². The fourth-order valence-electron chi connectivity index (χ4n) is 9.05. The molecule has 2 aliphatic rings. The average molecular weight is 735 g/mol. The highest BCUT2D eigenvalue weighted by Crippen LogP contribution is 2.64. The van der Waals surface area contributed by atoms with Crippen LogP contribution < -0.4 is 9.47 Å². The van der Waals surface area contributed by atoms with E-state index in [1.807, 2.05) is 12.1 Å². The van der Waals surface area contributed by atoms with Crippen LogP contribution >= 0.6 is 0 Å². The molecule has 0 bridgehead atoms. The van der Waals surface area contributed by atoms with Crippen LogP contribution in [-0.4, -0.2) is 13.2 Å². The van der Waals surface area contributed by atoms with Gasteiger partial charge in [-0.2, -0.15) is 5.26 Å². The number of rotatable bonds is 24. The van der Waals surface area contributed by atoms with Gasteiger partial charge in [0.15, 0.2) is 5.69 Å². The predicted octanol–water partition coefficient (Wildman–Crippen LogP) is 15.1. The monoisotopic (exact) mass is 734 g/mol. The molecule has 0 fully saturated rings. The van der Waals surface area contributed by atoms with Gasteiger partial charge in [-0.25, -0.2) is 4.85 Å². The molecule has 4 aromatic carbocycles. The summed E-state index contributed by atoms with van der Waals surface area (Å²) in [6.07, 6.45) is 25.9. The summed E-state index contributed by atoms with van der Waals surface area (Å²) in [5.74, 6) is 1.74. The predicted molar refractivity (Wildman–Crippen MR) is 228 cm³/mol. The van der Waals surface area contributed by atoms with Crippen molar-refractivity contribution in [2.45, 2.75) is 148 Å². The lowest BCUT2D eigenvalue weighted by molar-refractivity contribution is 0.303. The summed E-state index contributed by atoms with van der Waals surface area (Å²) in [7, 11) is 0. The lowest BCUT2D eigenvalue weighted by atomic mass is 9.70. The Bertz CT molecular complexity index is 1800. The first kappa shape index (κ1) is 40.1. The first-order valence-corrected chi connectivity index (χ1v) is 21.8. The number of ether oxygens (including phenoxy) is 2. The van der Waals surface area contributed by atoms with E-state index in [4.69, 9.17) is 16.0 Å². The summed E-state index contributed by atoms with van der Waals surface area (Å²) in [5.41, 5.74) is 9.56. The lowest BCUT2D eigenvalue weighted by Gasteiger charge is -2.31. The fraction of sp³-hybridized carbons (Fsp3) is 0.490. The Kier molecular flexibility index (Phi) is 14.9. The van der Waals surface area contributed by atoms with Crippen molar-refractivity contribution in [1.82, 2.24) is 0 Å². The van der Waals surface area contributed by atoms with E-state index in [0.29, 0.717) is 24.5 Å². The second-order valence-corrected chi connectivity index (χ2v) is 15.9. The molecule has 6 rings (SSSR count). The molecule has 0 heterocycles. The van der Waals surface area contributed by atoms with Gasteiger partial charge in [0.25, 0.3) is 0 Å². The molecule has 288 valence electrons. The van der Waals surface area contributed by atoms with Crippen molar-refractivity contribution >= 4 is 5.69 Å². The highest BCUT2D eigenvalue weighted by atomic mass is 16.5. The first-order valence-electron chi connectivity index (χ1n) is 21.8. The molecule has 0 saturated carbocycles. The van der Waals surface area contributed by atoms with Crippen LogP contribution in [0, 0.1) is 17.9 Å². The average Bonchev–Trinajstić information content (AvgIpc) is 3.67. The highest BCUT2D eigenvalue weighted by Gasteiger charge is 2.52. The Hall–Kier alpha value is -4.54. The number of hydrogen-bond acceptors (Lipinski definition) is 3. The summed E-state index contributed by atoms with van der Waals surface area (Å²) in [6.45, 7) is 13.9. The summed E-state index contributed by atoms with van der Waals surface area (Å²) in [6, 6.07) is 27.7. The molecule has 0 aromatic heterocycles. The van der Waals surface area contributed by atoms with Crippen LogP contribution in [0.25, 0.3) is 27.1 Å². The van der Waals surface area contributed by atoms with Gasteiger partial charge in [-0.1, -0.05) is 166 Å². The number of nitriles is 1. The third kappa shape index (κ3) is 9.30. The molecule has 1 spiro atoms. The number of unbranched alkanes of at least 4 members (excludes halogenated alkanes) is 18. The van der Waals surface area contributed by atoms with Gasteiger partial charge in [-0.3, -0.25) is 0 Å². The summed E-state index contributed by atoms with van der Waals surface area (Å²) < 4.78 is 13.0. The van der Waals surface area contributed by atoms with Crippen molar-refractivity contribution in [3.8, 4) is 39.8 Å². The van der Waals surface area contributed by atoms with Crippen LogP contribution in [0.15, 0.2) is 72.8 Å². The molecule has 4 aromatic rings. The minimum atomic E-state index is -0.699. The van der Waals surface area contributed by atoms with E-state index in [1.165, 1.54) is 116 Å². The van der Waals surface area contributed by atoms with Crippen LogP contribution in [0.5, 0.6) is 11.5 Å². The zero-order chi connectivity index (χ0) is 38.3. The van der Waals surface area contributed by atoms with Crippen LogP contribution in [0.2, 0.25) is 0 Å². The lowest BCUT2D eigenvalue weighted by Crippen LogP contribution is -2.26. The number of fused-ring (bicyclic) bond motifs is 10. The number of benzene rings is 4.